The van der Waals surface area contributed by atoms with Crippen LogP contribution in [-0.4, -0.2) is 18.3 Å². The van der Waals surface area contributed by atoms with E-state index in [-0.39, 0.29) is 5.91 Å². The molecule has 0 aromatic heterocycles. The number of alkyl halides is 1. The van der Waals surface area contributed by atoms with Crippen molar-refractivity contribution in [3.8, 4) is 0 Å². The molecule has 4 heteroatoms. The summed E-state index contributed by atoms with van der Waals surface area (Å²) in [4.78, 5) is 11.9. The van der Waals surface area contributed by atoms with E-state index in [9.17, 15) is 4.79 Å². The molecule has 17 heavy (non-hydrogen) atoms. The maximum Gasteiger partial charge on any atom is 0.251 e. The lowest BCUT2D eigenvalue weighted by molar-refractivity contribution is 0.0952. The second kappa shape index (κ2) is 7.72. The fourth-order valence-electron chi connectivity index (χ4n) is 1.53. The van der Waals surface area contributed by atoms with Crippen LogP contribution in [0.2, 0.25) is 0 Å². The normalized spacial score (nSPS) is 10.3. The average molecular weight is 319 g/mol. The molecule has 0 aliphatic rings. The summed E-state index contributed by atoms with van der Waals surface area (Å²) in [7, 11) is 0. The quantitative estimate of drug-likeness (QED) is 0.625. The van der Waals surface area contributed by atoms with E-state index >= 15 is 0 Å². The van der Waals surface area contributed by atoms with Gasteiger partial charge in [0, 0.05) is 22.5 Å². The number of rotatable bonds is 6. The van der Waals surface area contributed by atoms with E-state index in [1.165, 1.54) is 0 Å². The number of hydrogen-bond donors (Lipinski definition) is 1. The van der Waals surface area contributed by atoms with E-state index in [1.807, 2.05) is 25.1 Å². The van der Waals surface area contributed by atoms with Gasteiger partial charge in [-0.25, -0.2) is 0 Å². The molecular formula is C13H17BrClNO. The molecule has 2 nitrogen and oxygen atoms in total. The molecule has 0 atom stereocenters. The van der Waals surface area contributed by atoms with E-state index in [0.29, 0.717) is 12.4 Å². The van der Waals surface area contributed by atoms with E-state index in [1.54, 1.807) is 0 Å². The predicted octanol–water partition coefficient (Wildman–Crippen LogP) is 3.90. The summed E-state index contributed by atoms with van der Waals surface area (Å²) in [5, 5.41) is 2.92. The average Bonchev–Trinajstić information content (AvgIpc) is 2.32. The third-order valence-electron chi connectivity index (χ3n) is 2.54. The highest BCUT2D eigenvalue weighted by Gasteiger charge is 2.08. The highest BCUT2D eigenvalue weighted by molar-refractivity contribution is 9.10. The fraction of sp³-hybridized carbons (Fsp3) is 0.462. The van der Waals surface area contributed by atoms with Gasteiger partial charge in [-0.2, -0.15) is 0 Å². The van der Waals surface area contributed by atoms with E-state index in [4.69, 9.17) is 11.6 Å². The molecular weight excluding hydrogens is 302 g/mol. The summed E-state index contributed by atoms with van der Waals surface area (Å²) < 4.78 is 0.926. The number of halogens is 2. The minimum Gasteiger partial charge on any atom is -0.352 e. The summed E-state index contributed by atoms with van der Waals surface area (Å²) in [5.74, 6) is 0.688. The Morgan fingerprint density at radius 2 is 2.12 bits per heavy atom. The zero-order valence-electron chi connectivity index (χ0n) is 9.93. The molecule has 1 aromatic rings. The summed E-state index contributed by atoms with van der Waals surface area (Å²) in [6.45, 7) is 2.65. The van der Waals surface area contributed by atoms with Crippen molar-refractivity contribution in [1.29, 1.82) is 0 Å². The third kappa shape index (κ3) is 5.09. The molecule has 0 saturated heterocycles. The summed E-state index contributed by atoms with van der Waals surface area (Å²) in [6.07, 6.45) is 3.04. The first-order chi connectivity index (χ1) is 8.15. The molecule has 1 N–H and O–H groups in total. The fourth-order valence-corrected chi connectivity index (χ4v) is 2.08. The van der Waals surface area contributed by atoms with Crippen LogP contribution in [-0.2, 0) is 0 Å². The maximum atomic E-state index is 11.9. The van der Waals surface area contributed by atoms with Crippen LogP contribution in [0, 0.1) is 6.92 Å². The Hall–Kier alpha value is -0.540. The Kier molecular flexibility index (Phi) is 6.60. The van der Waals surface area contributed by atoms with Crippen molar-refractivity contribution in [2.45, 2.75) is 26.2 Å². The largest absolute Gasteiger partial charge is 0.352 e. The number of nitrogens with one attached hydrogen (secondary N) is 1. The summed E-state index contributed by atoms with van der Waals surface area (Å²) in [5.41, 5.74) is 1.73. The third-order valence-corrected chi connectivity index (χ3v) is 3.30. The molecule has 0 aliphatic heterocycles. The minimum atomic E-state index is -0.00493. The van der Waals surface area contributed by atoms with E-state index < -0.39 is 0 Å². The Balaban J connectivity index is 2.44. The monoisotopic (exact) mass is 317 g/mol. The standard InChI is InChI=1S/C13H17BrClNO/c1-10-5-6-11(14)9-12(10)13(17)16-8-4-2-3-7-15/h5-6,9H,2-4,7-8H2,1H3,(H,16,17). The van der Waals surface area contributed by atoms with Gasteiger partial charge in [0.05, 0.1) is 0 Å². The Labute approximate surface area is 116 Å². The van der Waals surface area contributed by atoms with Gasteiger partial charge in [-0.15, -0.1) is 11.6 Å². The number of amides is 1. The van der Waals surface area contributed by atoms with Crippen molar-refractivity contribution in [3.05, 3.63) is 33.8 Å². The lowest BCUT2D eigenvalue weighted by Gasteiger charge is -2.07. The van der Waals surface area contributed by atoms with Crippen LogP contribution < -0.4 is 5.32 Å². The Morgan fingerprint density at radius 3 is 2.82 bits per heavy atom. The molecule has 0 fully saturated rings. The van der Waals surface area contributed by atoms with Crippen LogP contribution in [0.1, 0.15) is 35.2 Å². The number of benzene rings is 1. The SMILES string of the molecule is Cc1ccc(Br)cc1C(=O)NCCCCCCl. The van der Waals surface area contributed by atoms with Gasteiger partial charge in [-0.05, 0) is 37.5 Å². The van der Waals surface area contributed by atoms with Gasteiger partial charge in [0.1, 0.15) is 0 Å². The minimum absolute atomic E-state index is 0.00493. The number of aryl methyl sites for hydroxylation is 1. The number of carbonyl (C=O) groups is 1. The van der Waals surface area contributed by atoms with E-state index in [2.05, 4.69) is 21.2 Å². The topological polar surface area (TPSA) is 29.1 Å². The first kappa shape index (κ1) is 14.5. The second-order valence-electron chi connectivity index (χ2n) is 3.96. The van der Waals surface area contributed by atoms with Gasteiger partial charge >= 0.3 is 0 Å². The highest BCUT2D eigenvalue weighted by atomic mass is 79.9. The van der Waals surface area contributed by atoms with Crippen LogP contribution >= 0.6 is 27.5 Å². The van der Waals surface area contributed by atoms with Crippen molar-refractivity contribution >= 4 is 33.4 Å². The molecule has 0 bridgehead atoms. The van der Waals surface area contributed by atoms with Crippen LogP contribution in [0.5, 0.6) is 0 Å². The molecule has 0 aliphatic carbocycles. The molecule has 0 unspecified atom stereocenters. The lowest BCUT2D eigenvalue weighted by Crippen LogP contribution is -2.25. The second-order valence-corrected chi connectivity index (χ2v) is 5.26. The van der Waals surface area contributed by atoms with Gasteiger partial charge in [0.2, 0.25) is 0 Å². The molecule has 1 aromatic carbocycles. The smallest absolute Gasteiger partial charge is 0.251 e. The zero-order chi connectivity index (χ0) is 12.7. The number of hydrogen-bond acceptors (Lipinski definition) is 1. The first-order valence-electron chi connectivity index (χ1n) is 5.75. The van der Waals surface area contributed by atoms with Crippen molar-refractivity contribution < 1.29 is 4.79 Å². The van der Waals surface area contributed by atoms with Crippen molar-refractivity contribution in [1.82, 2.24) is 5.32 Å². The van der Waals surface area contributed by atoms with Gasteiger partial charge in [0.25, 0.3) is 5.91 Å². The first-order valence-corrected chi connectivity index (χ1v) is 7.08. The van der Waals surface area contributed by atoms with Crippen LogP contribution in [0.3, 0.4) is 0 Å². The van der Waals surface area contributed by atoms with Crippen LogP contribution in [0.4, 0.5) is 0 Å². The molecule has 1 amide bonds. The molecule has 94 valence electrons. The van der Waals surface area contributed by atoms with Crippen LogP contribution in [0.25, 0.3) is 0 Å². The lowest BCUT2D eigenvalue weighted by atomic mass is 10.1. The highest BCUT2D eigenvalue weighted by Crippen LogP contribution is 2.15. The molecule has 0 heterocycles. The zero-order valence-corrected chi connectivity index (χ0v) is 12.3. The number of carbonyl (C=O) groups excluding carboxylic acids is 1. The van der Waals surface area contributed by atoms with Crippen LogP contribution in [0.15, 0.2) is 22.7 Å². The molecule has 0 radical (unpaired) electrons. The van der Waals surface area contributed by atoms with Gasteiger partial charge in [0.15, 0.2) is 0 Å². The van der Waals surface area contributed by atoms with Crippen molar-refractivity contribution in [2.24, 2.45) is 0 Å². The van der Waals surface area contributed by atoms with Gasteiger partial charge in [-0.1, -0.05) is 28.4 Å². The van der Waals surface area contributed by atoms with Gasteiger partial charge < -0.3 is 5.32 Å². The number of unbranched alkanes of at least 4 members (excludes halogenated alkanes) is 2. The summed E-state index contributed by atoms with van der Waals surface area (Å²) in [6, 6.07) is 5.72. The molecule has 0 saturated carbocycles. The molecule has 1 rings (SSSR count). The van der Waals surface area contributed by atoms with Gasteiger partial charge in [-0.3, -0.25) is 4.79 Å². The molecule has 0 spiro atoms. The predicted molar refractivity (Wildman–Crippen MR) is 75.8 cm³/mol. The summed E-state index contributed by atoms with van der Waals surface area (Å²) >= 11 is 8.96. The Morgan fingerprint density at radius 1 is 1.35 bits per heavy atom. The maximum absolute atomic E-state index is 11.9. The van der Waals surface area contributed by atoms with E-state index in [0.717, 1.165) is 34.9 Å². The van der Waals surface area contributed by atoms with Crippen molar-refractivity contribution in [3.63, 3.8) is 0 Å². The Bertz CT molecular complexity index is 382. The van der Waals surface area contributed by atoms with Crippen molar-refractivity contribution in [2.75, 3.05) is 12.4 Å².